The third kappa shape index (κ3) is 9.45. The van der Waals surface area contributed by atoms with Gasteiger partial charge in [0.05, 0.1) is 0 Å². The van der Waals surface area contributed by atoms with Gasteiger partial charge in [-0.25, -0.2) is 0 Å². The van der Waals surface area contributed by atoms with Gasteiger partial charge in [0, 0.05) is 20.1 Å². The second-order valence-corrected chi connectivity index (χ2v) is 6.80. The molecule has 1 saturated heterocycles. The topological polar surface area (TPSA) is 39.7 Å². The number of piperidine rings is 1. The molecule has 0 radical (unpaired) electrons. The second kappa shape index (κ2) is 13.4. The fourth-order valence-corrected chi connectivity index (χ4v) is 3.14. The van der Waals surface area contributed by atoms with Crippen LogP contribution >= 0.6 is 24.0 Å². The van der Waals surface area contributed by atoms with Crippen molar-refractivity contribution in [2.75, 3.05) is 33.2 Å². The lowest BCUT2D eigenvalue weighted by atomic mass is 10.1. The van der Waals surface area contributed by atoms with Crippen molar-refractivity contribution in [1.82, 2.24) is 15.5 Å². The Hall–Kier alpha value is -0.820. The molecule has 5 heteroatoms. The highest BCUT2D eigenvalue weighted by Crippen LogP contribution is 2.09. The molecule has 1 aromatic rings. The van der Waals surface area contributed by atoms with Crippen LogP contribution in [0.2, 0.25) is 0 Å². The van der Waals surface area contributed by atoms with Crippen molar-refractivity contribution in [2.24, 2.45) is 4.99 Å². The molecule has 1 fully saturated rings. The van der Waals surface area contributed by atoms with Crippen LogP contribution in [0.5, 0.6) is 0 Å². The van der Waals surface area contributed by atoms with E-state index >= 15 is 0 Å². The van der Waals surface area contributed by atoms with Gasteiger partial charge < -0.3 is 15.5 Å². The van der Waals surface area contributed by atoms with Crippen LogP contribution in [0.1, 0.15) is 49.7 Å². The van der Waals surface area contributed by atoms with Gasteiger partial charge >= 0.3 is 0 Å². The molecule has 0 saturated carbocycles. The number of unbranched alkanes of at least 4 members (excludes halogenated alkanes) is 2. The molecule has 0 aliphatic carbocycles. The van der Waals surface area contributed by atoms with Crippen molar-refractivity contribution in [3.8, 4) is 0 Å². The summed E-state index contributed by atoms with van der Waals surface area (Å²) in [6, 6.07) is 8.62. The number of aliphatic imine (C=N–C) groups is 1. The summed E-state index contributed by atoms with van der Waals surface area (Å²) in [5.74, 6) is 0.895. The van der Waals surface area contributed by atoms with Gasteiger partial charge in [-0.1, -0.05) is 42.7 Å². The van der Waals surface area contributed by atoms with Gasteiger partial charge in [-0.2, -0.15) is 0 Å². The summed E-state index contributed by atoms with van der Waals surface area (Å²) in [6.45, 7) is 7.83. The number of nitrogens with zero attached hydrogens (tertiary/aromatic N) is 2. The zero-order chi connectivity index (χ0) is 17.0. The van der Waals surface area contributed by atoms with Gasteiger partial charge in [0.15, 0.2) is 5.96 Å². The number of halogens is 1. The number of rotatable bonds is 8. The Morgan fingerprint density at radius 2 is 1.72 bits per heavy atom. The van der Waals surface area contributed by atoms with Crippen LogP contribution in [-0.4, -0.2) is 44.1 Å². The largest absolute Gasteiger partial charge is 0.356 e. The lowest BCUT2D eigenvalue weighted by Gasteiger charge is -2.26. The van der Waals surface area contributed by atoms with E-state index in [0.29, 0.717) is 0 Å². The maximum atomic E-state index is 4.30. The molecule has 1 aliphatic heterocycles. The van der Waals surface area contributed by atoms with Crippen molar-refractivity contribution in [3.05, 3.63) is 35.4 Å². The van der Waals surface area contributed by atoms with Crippen molar-refractivity contribution in [3.63, 3.8) is 0 Å². The fourth-order valence-electron chi connectivity index (χ4n) is 3.14. The number of likely N-dealkylation sites (tertiary alicyclic amines) is 1. The molecular weight excluding hydrogens is 423 g/mol. The van der Waals surface area contributed by atoms with Crippen molar-refractivity contribution >= 4 is 29.9 Å². The van der Waals surface area contributed by atoms with Crippen molar-refractivity contribution < 1.29 is 0 Å². The van der Waals surface area contributed by atoms with E-state index < -0.39 is 0 Å². The molecular formula is C20H35IN4. The lowest BCUT2D eigenvalue weighted by molar-refractivity contribution is 0.224. The summed E-state index contributed by atoms with van der Waals surface area (Å²) >= 11 is 0. The first-order valence-corrected chi connectivity index (χ1v) is 9.50. The minimum absolute atomic E-state index is 0. The normalized spacial score (nSPS) is 15.5. The highest BCUT2D eigenvalue weighted by Gasteiger charge is 2.08. The quantitative estimate of drug-likeness (QED) is 0.268. The van der Waals surface area contributed by atoms with Gasteiger partial charge in [-0.05, 0) is 57.8 Å². The SMILES string of the molecule is CN=C(NCCCCCN1CCCCC1)NCc1ccc(C)cc1.I. The van der Waals surface area contributed by atoms with E-state index in [2.05, 4.69) is 51.7 Å². The molecule has 4 nitrogen and oxygen atoms in total. The Labute approximate surface area is 170 Å². The molecule has 1 aliphatic rings. The van der Waals surface area contributed by atoms with Crippen LogP contribution in [0.3, 0.4) is 0 Å². The molecule has 0 aromatic heterocycles. The predicted octanol–water partition coefficient (Wildman–Crippen LogP) is 3.93. The summed E-state index contributed by atoms with van der Waals surface area (Å²) < 4.78 is 0. The number of benzene rings is 1. The summed E-state index contributed by atoms with van der Waals surface area (Å²) in [5, 5.41) is 6.79. The van der Waals surface area contributed by atoms with Gasteiger partial charge in [-0.3, -0.25) is 4.99 Å². The van der Waals surface area contributed by atoms with E-state index in [1.807, 2.05) is 7.05 Å². The standard InChI is InChI=1S/C20H34N4.HI/c1-18-9-11-19(12-10-18)17-23-20(21-2)22-13-5-3-6-14-24-15-7-4-8-16-24;/h9-12H,3-8,13-17H2,1-2H3,(H2,21,22,23);1H. The number of aryl methyl sites for hydroxylation is 1. The van der Waals surface area contributed by atoms with Gasteiger partial charge in [0.1, 0.15) is 0 Å². The van der Waals surface area contributed by atoms with Crippen LogP contribution < -0.4 is 10.6 Å². The molecule has 25 heavy (non-hydrogen) atoms. The molecule has 0 atom stereocenters. The van der Waals surface area contributed by atoms with Crippen LogP contribution in [0.15, 0.2) is 29.3 Å². The summed E-state index contributed by atoms with van der Waals surface area (Å²) in [5.41, 5.74) is 2.58. The summed E-state index contributed by atoms with van der Waals surface area (Å²) in [4.78, 5) is 6.92. The third-order valence-electron chi connectivity index (χ3n) is 4.70. The van der Waals surface area contributed by atoms with E-state index in [1.54, 1.807) is 0 Å². The highest BCUT2D eigenvalue weighted by molar-refractivity contribution is 14.0. The first-order valence-electron chi connectivity index (χ1n) is 9.50. The van der Waals surface area contributed by atoms with Crippen LogP contribution in [0, 0.1) is 6.92 Å². The molecule has 2 N–H and O–H groups in total. The van der Waals surface area contributed by atoms with Crippen molar-refractivity contribution in [1.29, 1.82) is 0 Å². The number of guanidine groups is 1. The highest BCUT2D eigenvalue weighted by atomic mass is 127. The molecule has 0 bridgehead atoms. The Bertz CT molecular complexity index is 481. The first kappa shape index (κ1) is 22.2. The second-order valence-electron chi connectivity index (χ2n) is 6.80. The number of nitrogens with one attached hydrogen (secondary N) is 2. The Morgan fingerprint density at radius 1 is 1.00 bits per heavy atom. The van der Waals surface area contributed by atoms with E-state index in [4.69, 9.17) is 0 Å². The van der Waals surface area contributed by atoms with Crippen LogP contribution in [0.4, 0.5) is 0 Å². The fraction of sp³-hybridized carbons (Fsp3) is 0.650. The number of hydrogen-bond acceptors (Lipinski definition) is 2. The summed E-state index contributed by atoms with van der Waals surface area (Å²) in [7, 11) is 1.83. The molecule has 0 unspecified atom stereocenters. The molecule has 1 heterocycles. The van der Waals surface area contributed by atoms with Gasteiger partial charge in [0.25, 0.3) is 0 Å². The zero-order valence-electron chi connectivity index (χ0n) is 15.9. The molecule has 142 valence electrons. The average molecular weight is 458 g/mol. The summed E-state index contributed by atoms with van der Waals surface area (Å²) in [6.07, 6.45) is 8.03. The Balaban J connectivity index is 0.00000312. The smallest absolute Gasteiger partial charge is 0.191 e. The monoisotopic (exact) mass is 458 g/mol. The minimum atomic E-state index is 0. The number of hydrogen-bond donors (Lipinski definition) is 2. The lowest BCUT2D eigenvalue weighted by Crippen LogP contribution is -2.37. The third-order valence-corrected chi connectivity index (χ3v) is 4.70. The maximum Gasteiger partial charge on any atom is 0.191 e. The minimum Gasteiger partial charge on any atom is -0.356 e. The van der Waals surface area contributed by atoms with Crippen LogP contribution in [0.25, 0.3) is 0 Å². The van der Waals surface area contributed by atoms with Gasteiger partial charge in [-0.15, -0.1) is 24.0 Å². The first-order chi connectivity index (χ1) is 11.8. The Kier molecular flexibility index (Phi) is 11.9. The van der Waals surface area contributed by atoms with E-state index in [0.717, 1.165) is 19.0 Å². The molecule has 0 spiro atoms. The zero-order valence-corrected chi connectivity index (χ0v) is 18.2. The molecule has 0 amide bonds. The van der Waals surface area contributed by atoms with E-state index in [-0.39, 0.29) is 24.0 Å². The maximum absolute atomic E-state index is 4.30. The van der Waals surface area contributed by atoms with Gasteiger partial charge in [0.2, 0.25) is 0 Å². The molecule has 2 rings (SSSR count). The molecule has 1 aromatic carbocycles. The van der Waals surface area contributed by atoms with Crippen molar-refractivity contribution in [2.45, 2.75) is 52.0 Å². The van der Waals surface area contributed by atoms with E-state index in [1.165, 1.54) is 69.3 Å². The predicted molar refractivity (Wildman–Crippen MR) is 119 cm³/mol. The Morgan fingerprint density at radius 3 is 2.40 bits per heavy atom. The van der Waals surface area contributed by atoms with Crippen LogP contribution in [-0.2, 0) is 6.54 Å². The average Bonchev–Trinajstić information content (AvgIpc) is 2.63. The van der Waals surface area contributed by atoms with E-state index in [9.17, 15) is 0 Å².